The maximum absolute atomic E-state index is 13.0. The molecule has 7 nitrogen and oxygen atoms in total. The predicted molar refractivity (Wildman–Crippen MR) is 153 cm³/mol. The predicted octanol–water partition coefficient (Wildman–Crippen LogP) is 3.28. The molecule has 198 valence electrons. The highest BCUT2D eigenvalue weighted by Gasteiger charge is 2.21. The van der Waals surface area contributed by atoms with Crippen molar-refractivity contribution in [3.63, 3.8) is 0 Å². The quantitative estimate of drug-likeness (QED) is 0.501. The summed E-state index contributed by atoms with van der Waals surface area (Å²) in [5.74, 6) is 0.708. The number of benzene rings is 1. The van der Waals surface area contributed by atoms with Crippen molar-refractivity contribution in [3.05, 3.63) is 98.4 Å². The van der Waals surface area contributed by atoms with E-state index in [0.717, 1.165) is 23.6 Å². The highest BCUT2D eigenvalue weighted by Crippen LogP contribution is 2.30. The van der Waals surface area contributed by atoms with Crippen molar-refractivity contribution in [1.29, 1.82) is 0 Å². The molecule has 1 aliphatic rings. The summed E-state index contributed by atoms with van der Waals surface area (Å²) in [7, 11) is 3.67. The van der Waals surface area contributed by atoms with Crippen LogP contribution in [0.1, 0.15) is 54.1 Å². The van der Waals surface area contributed by atoms with Crippen LogP contribution in [0.2, 0.25) is 0 Å². The lowest BCUT2D eigenvalue weighted by atomic mass is 9.88. The van der Waals surface area contributed by atoms with Crippen molar-refractivity contribution in [3.8, 4) is 5.82 Å². The number of carbonyl (C=O) groups excluding carboxylic acids is 1. The van der Waals surface area contributed by atoms with Crippen LogP contribution in [0, 0.1) is 0 Å². The van der Waals surface area contributed by atoms with Gasteiger partial charge in [0.1, 0.15) is 11.5 Å². The van der Waals surface area contributed by atoms with Gasteiger partial charge < -0.3 is 15.0 Å². The van der Waals surface area contributed by atoms with Gasteiger partial charge in [-0.2, -0.15) is 0 Å². The van der Waals surface area contributed by atoms with Crippen LogP contribution in [-0.4, -0.2) is 42.7 Å². The first-order chi connectivity index (χ1) is 18.3. The number of rotatable bonds is 8. The molecule has 0 bridgehead atoms. The monoisotopic (exact) mass is 512 g/mol. The summed E-state index contributed by atoms with van der Waals surface area (Å²) in [6.45, 7) is 9.81. The highest BCUT2D eigenvalue weighted by molar-refractivity contribution is 5.94. The molecule has 1 N–H and O–H groups in total. The van der Waals surface area contributed by atoms with E-state index in [1.807, 2.05) is 69.6 Å². The lowest BCUT2D eigenvalue weighted by molar-refractivity contribution is 0.0880. The van der Waals surface area contributed by atoms with Gasteiger partial charge >= 0.3 is 0 Å². The van der Waals surface area contributed by atoms with Crippen molar-refractivity contribution in [2.24, 2.45) is 0 Å². The summed E-state index contributed by atoms with van der Waals surface area (Å²) < 4.78 is 7.26. The van der Waals surface area contributed by atoms with Gasteiger partial charge in [-0.05, 0) is 77.7 Å². The molecule has 0 saturated heterocycles. The maximum Gasteiger partial charge on any atom is 0.279 e. The van der Waals surface area contributed by atoms with Gasteiger partial charge in [0, 0.05) is 38.3 Å². The molecule has 38 heavy (non-hydrogen) atoms. The molecule has 0 saturated carbocycles. The third-order valence-electron chi connectivity index (χ3n) is 6.79. The number of fused-ring (bicyclic) bond motifs is 1. The molecule has 0 spiro atoms. The minimum atomic E-state index is -0.145. The third-order valence-corrected chi connectivity index (χ3v) is 6.79. The highest BCUT2D eigenvalue weighted by atomic mass is 16.5. The Morgan fingerprint density at radius 3 is 2.82 bits per heavy atom. The van der Waals surface area contributed by atoms with Gasteiger partial charge in [0.15, 0.2) is 0 Å². The molecule has 0 unspecified atom stereocenters. The van der Waals surface area contributed by atoms with E-state index in [4.69, 9.17) is 9.72 Å². The number of amides is 1. The molecule has 1 aromatic carbocycles. The van der Waals surface area contributed by atoms with Crippen LogP contribution in [0.25, 0.3) is 18.0 Å². The van der Waals surface area contributed by atoms with Crippen LogP contribution in [0.5, 0.6) is 0 Å². The van der Waals surface area contributed by atoms with E-state index < -0.39 is 0 Å². The van der Waals surface area contributed by atoms with Crippen LogP contribution in [-0.2, 0) is 11.3 Å². The van der Waals surface area contributed by atoms with Crippen LogP contribution < -0.4 is 26.3 Å². The molecule has 0 fully saturated rings. The largest absolute Gasteiger partial charge is 0.376 e. The Hall–Kier alpha value is -3.97. The van der Waals surface area contributed by atoms with Crippen molar-refractivity contribution < 1.29 is 9.53 Å². The Kier molecular flexibility index (Phi) is 8.59. The van der Waals surface area contributed by atoms with E-state index in [0.29, 0.717) is 47.1 Å². The lowest BCUT2D eigenvalue weighted by Crippen LogP contribution is -2.33. The number of nitrogens with one attached hydrogen (secondary N) is 1. The normalized spacial score (nSPS) is 15.7. The first-order valence-electron chi connectivity index (χ1n) is 13.0. The van der Waals surface area contributed by atoms with Gasteiger partial charge in [-0.1, -0.05) is 32.1 Å². The van der Waals surface area contributed by atoms with E-state index in [2.05, 4.69) is 18.8 Å². The summed E-state index contributed by atoms with van der Waals surface area (Å²) in [4.78, 5) is 32.5. The second-order valence-electron chi connectivity index (χ2n) is 9.80. The lowest BCUT2D eigenvalue weighted by Gasteiger charge is -2.26. The molecule has 0 aliphatic carbocycles. The van der Waals surface area contributed by atoms with Gasteiger partial charge in [-0.15, -0.1) is 0 Å². The molecule has 0 radical (unpaired) electrons. The number of carbonyl (C=O) groups is 1. The number of hydrogen-bond donors (Lipinski definition) is 1. The fraction of sp³-hybridized carbons (Fsp3) is 0.323. The summed E-state index contributed by atoms with van der Waals surface area (Å²) in [5, 5.41) is 4.58. The number of nitrogens with zero attached hydrogens (tertiary/aromatic N) is 3. The standard InChI is InChI=1S/C31H36N4O3/c1-6-9-24-19-38-20-25-12-11-23(17-26(24)25)30(36)32-18-21(3)16-27-22(7-2)13-14-29(33-27)35-15-8-10-28(31(35)37)34(4)5/h7-8,10-17,24H,3,6,9,18-20H2,1-2,4-5H3,(H,32,36)/b22-7-,27-16+/t24-/m1/s1. The van der Waals surface area contributed by atoms with Crippen molar-refractivity contribution in [2.75, 3.05) is 32.1 Å². The second-order valence-corrected chi connectivity index (χ2v) is 9.80. The maximum atomic E-state index is 13.0. The SMILES string of the molecule is C=C(/C=c1/nc(-n2cccc(N(C)C)c2=O)cc/c1=C/C)CNC(=O)c1ccc2c(c1)[C@H](CCC)COC2. The number of aromatic nitrogens is 2. The fourth-order valence-electron chi connectivity index (χ4n) is 4.75. The van der Waals surface area contributed by atoms with Gasteiger partial charge in [-0.25, -0.2) is 4.98 Å². The zero-order chi connectivity index (χ0) is 27.2. The third kappa shape index (κ3) is 5.94. The number of anilines is 1. The van der Waals surface area contributed by atoms with Crippen LogP contribution >= 0.6 is 0 Å². The van der Waals surface area contributed by atoms with E-state index in [9.17, 15) is 9.59 Å². The number of pyridine rings is 2. The molecule has 4 rings (SSSR count). The second kappa shape index (κ2) is 12.0. The van der Waals surface area contributed by atoms with Gasteiger partial charge in [-0.3, -0.25) is 14.2 Å². The minimum absolute atomic E-state index is 0.139. The van der Waals surface area contributed by atoms with Crippen LogP contribution in [0.3, 0.4) is 0 Å². The molecule has 1 atom stereocenters. The average Bonchev–Trinajstić information content (AvgIpc) is 2.91. The molecular formula is C31H36N4O3. The molecule has 1 amide bonds. The summed E-state index contributed by atoms with van der Waals surface area (Å²) >= 11 is 0. The smallest absolute Gasteiger partial charge is 0.279 e. The first-order valence-corrected chi connectivity index (χ1v) is 13.0. The number of hydrogen-bond acceptors (Lipinski definition) is 5. The molecule has 2 aromatic heterocycles. The summed E-state index contributed by atoms with van der Waals surface area (Å²) in [6.07, 6.45) is 7.62. The van der Waals surface area contributed by atoms with E-state index in [-0.39, 0.29) is 18.0 Å². The van der Waals surface area contributed by atoms with E-state index in [1.165, 1.54) is 10.1 Å². The van der Waals surface area contributed by atoms with Gasteiger partial charge in [0.25, 0.3) is 11.5 Å². The number of ether oxygens (including phenoxy) is 1. The summed E-state index contributed by atoms with van der Waals surface area (Å²) in [5.41, 5.74) is 4.15. The molecule has 3 aromatic rings. The van der Waals surface area contributed by atoms with E-state index >= 15 is 0 Å². The Morgan fingerprint density at radius 2 is 2.08 bits per heavy atom. The van der Waals surface area contributed by atoms with Crippen LogP contribution in [0.4, 0.5) is 5.69 Å². The Labute approximate surface area is 223 Å². The minimum Gasteiger partial charge on any atom is -0.376 e. The molecule has 1 aliphatic heterocycles. The molecule has 7 heteroatoms. The topological polar surface area (TPSA) is 76.5 Å². The average molecular weight is 513 g/mol. The van der Waals surface area contributed by atoms with Gasteiger partial charge in [0.2, 0.25) is 0 Å². The van der Waals surface area contributed by atoms with Crippen molar-refractivity contribution in [1.82, 2.24) is 14.9 Å². The van der Waals surface area contributed by atoms with Crippen LogP contribution in [0.15, 0.2) is 65.6 Å². The zero-order valence-electron chi connectivity index (χ0n) is 22.7. The molecular weight excluding hydrogens is 476 g/mol. The van der Waals surface area contributed by atoms with Crippen molar-refractivity contribution >= 4 is 23.7 Å². The summed E-state index contributed by atoms with van der Waals surface area (Å²) in [6, 6.07) is 13.2. The Balaban J connectivity index is 1.54. The Bertz CT molecular complexity index is 1520. The zero-order valence-corrected chi connectivity index (χ0v) is 22.7. The molecule has 3 heterocycles. The fourth-order valence-corrected chi connectivity index (χ4v) is 4.75. The van der Waals surface area contributed by atoms with Gasteiger partial charge in [0.05, 0.1) is 18.6 Å². The Morgan fingerprint density at radius 1 is 1.26 bits per heavy atom. The first kappa shape index (κ1) is 27.1. The van der Waals surface area contributed by atoms with Crippen molar-refractivity contribution in [2.45, 2.75) is 39.2 Å². The van der Waals surface area contributed by atoms with E-state index in [1.54, 1.807) is 17.2 Å².